The van der Waals surface area contributed by atoms with Gasteiger partial charge in [-0.25, -0.2) is 0 Å². The van der Waals surface area contributed by atoms with E-state index in [9.17, 15) is 0 Å². The highest BCUT2D eigenvalue weighted by atomic mass is 35.5. The molecule has 0 bridgehead atoms. The molecular formula is C13H14ClN3O. The molecule has 0 atom stereocenters. The first-order valence-corrected chi connectivity index (χ1v) is 5.97. The summed E-state index contributed by atoms with van der Waals surface area (Å²) in [6.45, 7) is 0.993. The zero-order valence-corrected chi connectivity index (χ0v) is 10.5. The number of rotatable bonds is 5. The van der Waals surface area contributed by atoms with Crippen LogP contribution in [0.15, 0.2) is 42.7 Å². The molecule has 94 valence electrons. The lowest BCUT2D eigenvalue weighted by molar-refractivity contribution is 0.328. The third-order valence-electron chi connectivity index (χ3n) is 2.27. The Balaban J connectivity index is 2.12. The number of nitrogens with two attached hydrogens (primary N) is 1. The maximum absolute atomic E-state index is 6.02. The van der Waals surface area contributed by atoms with Crippen LogP contribution in [-0.4, -0.2) is 18.1 Å². The summed E-state index contributed by atoms with van der Waals surface area (Å²) in [4.78, 5) is 3.93. The highest BCUT2D eigenvalue weighted by molar-refractivity contribution is 6.33. The van der Waals surface area contributed by atoms with E-state index in [-0.39, 0.29) is 0 Å². The van der Waals surface area contributed by atoms with Crippen LogP contribution in [0, 0.1) is 0 Å². The van der Waals surface area contributed by atoms with Gasteiger partial charge in [-0.15, -0.1) is 0 Å². The SMILES string of the molecule is NCCOc1cccc(Nc2ccncc2Cl)c1. The third kappa shape index (κ3) is 3.35. The van der Waals surface area contributed by atoms with Gasteiger partial charge >= 0.3 is 0 Å². The number of pyridine rings is 1. The Labute approximate surface area is 111 Å². The number of benzene rings is 1. The van der Waals surface area contributed by atoms with Crippen molar-refractivity contribution in [2.75, 3.05) is 18.5 Å². The summed E-state index contributed by atoms with van der Waals surface area (Å²) in [6, 6.07) is 9.44. The van der Waals surface area contributed by atoms with Crippen LogP contribution >= 0.6 is 11.6 Å². The number of aromatic nitrogens is 1. The zero-order chi connectivity index (χ0) is 12.8. The van der Waals surface area contributed by atoms with E-state index in [1.165, 1.54) is 0 Å². The largest absolute Gasteiger partial charge is 0.492 e. The van der Waals surface area contributed by atoms with Crippen molar-refractivity contribution in [3.63, 3.8) is 0 Å². The molecule has 0 amide bonds. The lowest BCUT2D eigenvalue weighted by Gasteiger charge is -2.10. The Morgan fingerprint density at radius 3 is 3.00 bits per heavy atom. The smallest absolute Gasteiger partial charge is 0.121 e. The molecule has 0 saturated heterocycles. The Morgan fingerprint density at radius 1 is 1.33 bits per heavy atom. The standard InChI is InChI=1S/C13H14ClN3O/c14-12-9-16-6-4-13(12)17-10-2-1-3-11(8-10)18-7-5-15/h1-4,6,8-9H,5,7,15H2,(H,16,17). The van der Waals surface area contributed by atoms with Crippen molar-refractivity contribution in [1.29, 1.82) is 0 Å². The highest BCUT2D eigenvalue weighted by Crippen LogP contribution is 2.25. The maximum Gasteiger partial charge on any atom is 0.121 e. The minimum atomic E-state index is 0.494. The molecule has 1 aromatic heterocycles. The van der Waals surface area contributed by atoms with E-state index in [1.54, 1.807) is 12.4 Å². The average Bonchev–Trinajstić information content (AvgIpc) is 2.40. The Kier molecular flexibility index (Phi) is 4.39. The van der Waals surface area contributed by atoms with Gasteiger partial charge in [0.1, 0.15) is 12.4 Å². The predicted molar refractivity (Wildman–Crippen MR) is 73.5 cm³/mol. The van der Waals surface area contributed by atoms with E-state index in [0.717, 1.165) is 17.1 Å². The van der Waals surface area contributed by atoms with Crippen LogP contribution in [0.25, 0.3) is 0 Å². The second-order valence-corrected chi connectivity index (χ2v) is 4.05. The van der Waals surface area contributed by atoms with Crippen LogP contribution in [0.4, 0.5) is 11.4 Å². The van der Waals surface area contributed by atoms with Crippen molar-refractivity contribution in [3.8, 4) is 5.75 Å². The summed E-state index contributed by atoms with van der Waals surface area (Å²) in [5.41, 5.74) is 7.10. The summed E-state index contributed by atoms with van der Waals surface area (Å²) in [6.07, 6.45) is 3.28. The second-order valence-electron chi connectivity index (χ2n) is 3.65. The van der Waals surface area contributed by atoms with E-state index in [2.05, 4.69) is 10.3 Å². The summed E-state index contributed by atoms with van der Waals surface area (Å²) in [5.74, 6) is 0.774. The summed E-state index contributed by atoms with van der Waals surface area (Å²) in [7, 11) is 0. The van der Waals surface area contributed by atoms with E-state index >= 15 is 0 Å². The molecule has 1 aromatic carbocycles. The van der Waals surface area contributed by atoms with Crippen LogP contribution in [-0.2, 0) is 0 Å². The minimum Gasteiger partial charge on any atom is -0.492 e. The summed E-state index contributed by atoms with van der Waals surface area (Å²) >= 11 is 6.02. The van der Waals surface area contributed by atoms with E-state index < -0.39 is 0 Å². The molecule has 0 spiro atoms. The van der Waals surface area contributed by atoms with Crippen molar-refractivity contribution in [2.45, 2.75) is 0 Å². The topological polar surface area (TPSA) is 60.2 Å². The first-order valence-electron chi connectivity index (χ1n) is 5.59. The number of hydrogen-bond donors (Lipinski definition) is 2. The second kappa shape index (κ2) is 6.23. The van der Waals surface area contributed by atoms with E-state index in [1.807, 2.05) is 30.3 Å². The van der Waals surface area contributed by atoms with Gasteiger partial charge < -0.3 is 15.8 Å². The molecule has 0 radical (unpaired) electrons. The predicted octanol–water partition coefficient (Wildman–Crippen LogP) is 2.82. The molecule has 2 rings (SSSR count). The summed E-state index contributed by atoms with van der Waals surface area (Å²) in [5, 5.41) is 3.78. The van der Waals surface area contributed by atoms with Crippen molar-refractivity contribution < 1.29 is 4.74 Å². The fraction of sp³-hybridized carbons (Fsp3) is 0.154. The first-order chi connectivity index (χ1) is 8.79. The van der Waals surface area contributed by atoms with Gasteiger partial charge in [-0.2, -0.15) is 0 Å². The van der Waals surface area contributed by atoms with Gasteiger partial charge in [-0.05, 0) is 18.2 Å². The first kappa shape index (κ1) is 12.7. The van der Waals surface area contributed by atoms with Gasteiger partial charge in [0, 0.05) is 30.7 Å². The highest BCUT2D eigenvalue weighted by Gasteiger charge is 2.01. The van der Waals surface area contributed by atoms with Crippen molar-refractivity contribution in [2.24, 2.45) is 5.73 Å². The van der Waals surface area contributed by atoms with Gasteiger partial charge in [0.25, 0.3) is 0 Å². The van der Waals surface area contributed by atoms with E-state index in [4.69, 9.17) is 22.1 Å². The molecule has 18 heavy (non-hydrogen) atoms. The average molecular weight is 264 g/mol. The molecule has 0 aliphatic carbocycles. The number of anilines is 2. The molecular weight excluding hydrogens is 250 g/mol. The van der Waals surface area contributed by atoms with Crippen LogP contribution in [0.2, 0.25) is 5.02 Å². The maximum atomic E-state index is 6.02. The molecule has 0 fully saturated rings. The normalized spacial score (nSPS) is 10.1. The molecule has 0 unspecified atom stereocenters. The number of halogens is 1. The fourth-order valence-electron chi connectivity index (χ4n) is 1.47. The Hall–Kier alpha value is -1.78. The molecule has 4 nitrogen and oxygen atoms in total. The lowest BCUT2D eigenvalue weighted by Crippen LogP contribution is -2.10. The number of nitrogens with zero attached hydrogens (tertiary/aromatic N) is 1. The monoisotopic (exact) mass is 263 g/mol. The molecule has 0 aliphatic heterocycles. The molecule has 0 saturated carbocycles. The third-order valence-corrected chi connectivity index (χ3v) is 2.57. The fourth-order valence-corrected chi connectivity index (χ4v) is 1.64. The zero-order valence-electron chi connectivity index (χ0n) is 9.77. The Bertz CT molecular complexity index is 519. The van der Waals surface area contributed by atoms with Crippen LogP contribution < -0.4 is 15.8 Å². The van der Waals surface area contributed by atoms with Gasteiger partial charge in [0.2, 0.25) is 0 Å². The van der Waals surface area contributed by atoms with Crippen molar-refractivity contribution >= 4 is 23.0 Å². The lowest BCUT2D eigenvalue weighted by atomic mass is 10.3. The number of hydrogen-bond acceptors (Lipinski definition) is 4. The van der Waals surface area contributed by atoms with E-state index in [0.29, 0.717) is 18.2 Å². The van der Waals surface area contributed by atoms with Crippen LogP contribution in [0.3, 0.4) is 0 Å². The van der Waals surface area contributed by atoms with Crippen molar-refractivity contribution in [1.82, 2.24) is 4.98 Å². The van der Waals surface area contributed by atoms with Gasteiger partial charge in [-0.3, -0.25) is 4.98 Å². The molecule has 2 aromatic rings. The number of nitrogens with one attached hydrogen (secondary N) is 1. The van der Waals surface area contributed by atoms with Crippen molar-refractivity contribution in [3.05, 3.63) is 47.7 Å². The van der Waals surface area contributed by atoms with Crippen LogP contribution in [0.5, 0.6) is 5.75 Å². The minimum absolute atomic E-state index is 0.494. The molecule has 5 heteroatoms. The summed E-state index contributed by atoms with van der Waals surface area (Å²) < 4.78 is 5.45. The molecule has 1 heterocycles. The van der Waals surface area contributed by atoms with Gasteiger partial charge in [-0.1, -0.05) is 17.7 Å². The molecule has 3 N–H and O–H groups in total. The van der Waals surface area contributed by atoms with Gasteiger partial charge in [0.05, 0.1) is 10.7 Å². The Morgan fingerprint density at radius 2 is 2.22 bits per heavy atom. The molecule has 0 aliphatic rings. The number of ether oxygens (including phenoxy) is 1. The van der Waals surface area contributed by atoms with Crippen LogP contribution in [0.1, 0.15) is 0 Å². The quantitative estimate of drug-likeness (QED) is 0.871. The van der Waals surface area contributed by atoms with Gasteiger partial charge in [0.15, 0.2) is 0 Å².